The lowest BCUT2D eigenvalue weighted by Gasteiger charge is -1.98. The maximum absolute atomic E-state index is 12.6. The number of nitrogens with zero attached hydrogens (tertiary/aromatic N) is 2. The molecule has 4 aromatic rings. The third-order valence-corrected chi connectivity index (χ3v) is 6.47. The SMILES string of the molecule is [C-]#[N+]c1ccc(-c2cc3oc(C=C4C(=O)c5cc(Cl)c(Cl)cc5C4=O)nc3s2)cc1. The molecule has 30 heavy (non-hydrogen) atoms. The Morgan fingerprint density at radius 3 is 2.20 bits per heavy atom. The van der Waals surface area contributed by atoms with Crippen molar-refractivity contribution in [2.75, 3.05) is 0 Å². The Kier molecular flexibility index (Phi) is 4.33. The number of ketones is 2. The van der Waals surface area contributed by atoms with Gasteiger partial charge < -0.3 is 4.42 Å². The topological polar surface area (TPSA) is 64.5 Å². The Hall–Kier alpha value is -3.24. The minimum atomic E-state index is -0.435. The number of allylic oxidation sites excluding steroid dienone is 1. The minimum Gasteiger partial charge on any atom is -0.436 e. The third-order valence-electron chi connectivity index (χ3n) is 4.69. The molecule has 0 unspecified atom stereocenters. The van der Waals surface area contributed by atoms with Crippen LogP contribution in [-0.4, -0.2) is 16.6 Å². The van der Waals surface area contributed by atoms with Crippen molar-refractivity contribution in [2.24, 2.45) is 0 Å². The lowest BCUT2D eigenvalue weighted by atomic mass is 10.1. The molecule has 0 saturated heterocycles. The van der Waals surface area contributed by atoms with E-state index in [1.54, 1.807) is 12.1 Å². The van der Waals surface area contributed by atoms with Crippen molar-refractivity contribution >= 4 is 68.3 Å². The molecule has 0 radical (unpaired) electrons. The molecule has 0 spiro atoms. The van der Waals surface area contributed by atoms with Crippen LogP contribution in [-0.2, 0) is 0 Å². The summed E-state index contributed by atoms with van der Waals surface area (Å²) in [5, 5.41) is 0.429. The lowest BCUT2D eigenvalue weighted by Crippen LogP contribution is -2.00. The molecule has 0 bridgehead atoms. The van der Waals surface area contributed by atoms with Crippen molar-refractivity contribution in [3.63, 3.8) is 0 Å². The summed E-state index contributed by atoms with van der Waals surface area (Å²) in [5.41, 5.74) is 2.48. The number of carbonyl (C=O) groups is 2. The molecular formula is C22H8Cl2N2O3S. The van der Waals surface area contributed by atoms with Gasteiger partial charge in [-0.25, -0.2) is 4.85 Å². The number of fused-ring (bicyclic) bond motifs is 2. The van der Waals surface area contributed by atoms with Crippen LogP contribution in [0.2, 0.25) is 10.0 Å². The maximum atomic E-state index is 12.6. The van der Waals surface area contributed by atoms with Crippen molar-refractivity contribution in [2.45, 2.75) is 0 Å². The van der Waals surface area contributed by atoms with E-state index >= 15 is 0 Å². The smallest absolute Gasteiger partial charge is 0.221 e. The van der Waals surface area contributed by atoms with E-state index in [4.69, 9.17) is 34.2 Å². The van der Waals surface area contributed by atoms with Crippen molar-refractivity contribution in [3.8, 4) is 10.4 Å². The zero-order valence-electron chi connectivity index (χ0n) is 14.9. The van der Waals surface area contributed by atoms with Crippen LogP contribution in [0.1, 0.15) is 26.6 Å². The molecule has 2 heterocycles. The molecule has 0 aliphatic heterocycles. The Morgan fingerprint density at radius 1 is 1.00 bits per heavy atom. The second-order valence-electron chi connectivity index (χ2n) is 6.52. The van der Waals surface area contributed by atoms with Gasteiger partial charge in [0.05, 0.1) is 22.2 Å². The summed E-state index contributed by atoms with van der Waals surface area (Å²) in [7, 11) is 0. The fourth-order valence-corrected chi connectivity index (χ4v) is 4.52. The normalized spacial score (nSPS) is 13.0. The number of hydrogen-bond acceptors (Lipinski definition) is 5. The summed E-state index contributed by atoms with van der Waals surface area (Å²) in [6.07, 6.45) is 1.35. The van der Waals surface area contributed by atoms with Crippen LogP contribution in [0.5, 0.6) is 0 Å². The molecule has 0 fully saturated rings. The van der Waals surface area contributed by atoms with Crippen LogP contribution in [0.4, 0.5) is 5.69 Å². The van der Waals surface area contributed by atoms with Gasteiger partial charge in [-0.15, -0.1) is 11.3 Å². The number of oxazole rings is 1. The summed E-state index contributed by atoms with van der Waals surface area (Å²) in [6.45, 7) is 7.03. The number of rotatable bonds is 2. The molecule has 0 saturated carbocycles. The quantitative estimate of drug-likeness (QED) is 0.189. The van der Waals surface area contributed by atoms with E-state index in [-0.39, 0.29) is 32.6 Å². The van der Waals surface area contributed by atoms with Crippen LogP contribution in [0.25, 0.3) is 31.8 Å². The van der Waals surface area contributed by atoms with E-state index in [0.29, 0.717) is 16.1 Å². The zero-order valence-corrected chi connectivity index (χ0v) is 17.2. The third kappa shape index (κ3) is 2.96. The van der Waals surface area contributed by atoms with Crippen LogP contribution >= 0.6 is 34.5 Å². The van der Waals surface area contributed by atoms with Gasteiger partial charge in [0.15, 0.2) is 27.7 Å². The number of thiophene rings is 1. The van der Waals surface area contributed by atoms with Crippen LogP contribution in [0.15, 0.2) is 52.5 Å². The van der Waals surface area contributed by atoms with E-state index in [9.17, 15) is 9.59 Å². The predicted octanol–water partition coefficient (Wildman–Crippen LogP) is 6.88. The maximum Gasteiger partial charge on any atom is 0.221 e. The summed E-state index contributed by atoms with van der Waals surface area (Å²) >= 11 is 13.4. The van der Waals surface area contributed by atoms with Gasteiger partial charge in [-0.05, 0) is 17.7 Å². The van der Waals surface area contributed by atoms with E-state index in [0.717, 1.165) is 10.4 Å². The van der Waals surface area contributed by atoms with Crippen molar-refractivity contribution < 1.29 is 14.0 Å². The summed E-state index contributed by atoms with van der Waals surface area (Å²) < 4.78 is 5.74. The molecule has 2 aromatic heterocycles. The van der Waals surface area contributed by atoms with Crippen LogP contribution < -0.4 is 0 Å². The van der Waals surface area contributed by atoms with Gasteiger partial charge in [-0.1, -0.05) is 47.5 Å². The molecule has 5 rings (SSSR count). The molecule has 0 N–H and O–H groups in total. The van der Waals surface area contributed by atoms with Crippen molar-refractivity contribution in [1.29, 1.82) is 0 Å². The van der Waals surface area contributed by atoms with Gasteiger partial charge in [0, 0.05) is 28.1 Å². The van der Waals surface area contributed by atoms with E-state index < -0.39 is 11.6 Å². The first-order valence-corrected chi connectivity index (χ1v) is 10.2. The van der Waals surface area contributed by atoms with Crippen LogP contribution in [0.3, 0.4) is 0 Å². The summed E-state index contributed by atoms with van der Waals surface area (Å²) in [4.78, 5) is 34.6. The number of Topliss-reactive ketones (excluding diaryl/α,β-unsaturated/α-hetero) is 2. The number of halogens is 2. The van der Waals surface area contributed by atoms with E-state index in [1.165, 1.54) is 29.5 Å². The number of hydrogen-bond donors (Lipinski definition) is 0. The Labute approximate surface area is 184 Å². The first-order chi connectivity index (χ1) is 14.4. The fraction of sp³-hybridized carbons (Fsp3) is 0. The van der Waals surface area contributed by atoms with Gasteiger partial charge in [0.25, 0.3) is 0 Å². The summed E-state index contributed by atoms with van der Waals surface area (Å²) in [5.74, 6) is -0.695. The highest BCUT2D eigenvalue weighted by Gasteiger charge is 2.34. The number of aromatic nitrogens is 1. The molecule has 144 valence electrons. The highest BCUT2D eigenvalue weighted by molar-refractivity contribution is 7.21. The highest BCUT2D eigenvalue weighted by Crippen LogP contribution is 2.37. The molecule has 1 aliphatic rings. The van der Waals surface area contributed by atoms with Gasteiger partial charge in [0.2, 0.25) is 5.89 Å². The largest absolute Gasteiger partial charge is 0.436 e. The van der Waals surface area contributed by atoms with Crippen molar-refractivity contribution in [3.05, 3.63) is 86.5 Å². The zero-order chi connectivity index (χ0) is 21.0. The highest BCUT2D eigenvalue weighted by atomic mass is 35.5. The molecule has 2 aromatic carbocycles. The first kappa shape index (κ1) is 18.8. The molecule has 8 heteroatoms. The number of carbonyl (C=O) groups excluding carboxylic acids is 2. The van der Waals surface area contributed by atoms with Crippen molar-refractivity contribution in [1.82, 2.24) is 4.98 Å². The monoisotopic (exact) mass is 450 g/mol. The van der Waals surface area contributed by atoms with Gasteiger partial charge in [-0.2, -0.15) is 4.98 Å². The number of benzene rings is 2. The first-order valence-electron chi connectivity index (χ1n) is 8.63. The second-order valence-corrected chi connectivity index (χ2v) is 8.36. The standard InChI is InChI=1S/C22H8Cl2N2O3S/c1-25-11-4-2-10(3-5-11)18-9-17-22(30-18)26-19(29-17)8-14-20(27)12-6-15(23)16(24)7-13(12)21(14)28/h2-9H. The minimum absolute atomic E-state index is 0.0350. The van der Waals surface area contributed by atoms with Gasteiger partial charge in [-0.3, -0.25) is 9.59 Å². The average molecular weight is 451 g/mol. The van der Waals surface area contributed by atoms with E-state index in [1.807, 2.05) is 18.2 Å². The summed E-state index contributed by atoms with van der Waals surface area (Å²) in [6, 6.07) is 11.9. The molecule has 5 nitrogen and oxygen atoms in total. The second kappa shape index (κ2) is 6.92. The van der Waals surface area contributed by atoms with Crippen LogP contribution in [0, 0.1) is 6.57 Å². The van der Waals surface area contributed by atoms with Gasteiger partial charge in [0.1, 0.15) is 0 Å². The molecule has 1 aliphatic carbocycles. The Balaban J connectivity index is 1.49. The Bertz CT molecular complexity index is 1380. The lowest BCUT2D eigenvalue weighted by molar-refractivity contribution is 0.0990. The Morgan fingerprint density at radius 2 is 1.63 bits per heavy atom. The molecular weight excluding hydrogens is 443 g/mol. The molecule has 0 amide bonds. The van der Waals surface area contributed by atoms with E-state index in [2.05, 4.69) is 9.83 Å². The predicted molar refractivity (Wildman–Crippen MR) is 117 cm³/mol. The van der Waals surface area contributed by atoms with Gasteiger partial charge >= 0.3 is 0 Å². The molecule has 0 atom stereocenters. The average Bonchev–Trinajstić information content (AvgIpc) is 3.37. The fourth-order valence-electron chi connectivity index (χ4n) is 3.23.